The summed E-state index contributed by atoms with van der Waals surface area (Å²) in [6, 6.07) is 8.87. The first-order valence-corrected chi connectivity index (χ1v) is 6.41. The van der Waals surface area contributed by atoms with Gasteiger partial charge in [0.15, 0.2) is 5.69 Å². The van der Waals surface area contributed by atoms with Gasteiger partial charge >= 0.3 is 0 Å². The fourth-order valence-electron chi connectivity index (χ4n) is 1.64. The molecule has 0 spiro atoms. The molecule has 2 rings (SSSR count). The predicted molar refractivity (Wildman–Crippen MR) is 76.6 cm³/mol. The lowest BCUT2D eigenvalue weighted by atomic mass is 10.2. The van der Waals surface area contributed by atoms with Gasteiger partial charge in [0.05, 0.1) is 5.69 Å². The van der Waals surface area contributed by atoms with Crippen LogP contribution in [0.2, 0.25) is 0 Å². The normalized spacial score (nSPS) is 12.1. The van der Waals surface area contributed by atoms with E-state index in [4.69, 9.17) is 10.8 Å². The summed E-state index contributed by atoms with van der Waals surface area (Å²) in [5, 5.41) is 15.9. The molecule has 1 heterocycles. The van der Waals surface area contributed by atoms with Crippen molar-refractivity contribution in [1.82, 2.24) is 15.1 Å². The summed E-state index contributed by atoms with van der Waals surface area (Å²) in [5.74, 6) is -0.224. The predicted octanol–water partition coefficient (Wildman–Crippen LogP) is 0.813. The number of aliphatic hydroxyl groups is 1. The van der Waals surface area contributed by atoms with Gasteiger partial charge in [-0.15, -0.1) is 0 Å². The Morgan fingerprint density at radius 2 is 2.10 bits per heavy atom. The first kappa shape index (κ1) is 14.1. The molecule has 1 aromatic heterocycles. The van der Waals surface area contributed by atoms with E-state index in [1.807, 2.05) is 19.1 Å². The second-order valence-electron chi connectivity index (χ2n) is 4.73. The van der Waals surface area contributed by atoms with Crippen LogP contribution in [0.25, 0.3) is 5.69 Å². The largest absolute Gasteiger partial charge is 0.399 e. The van der Waals surface area contributed by atoms with Gasteiger partial charge in [-0.05, 0) is 36.2 Å². The fourth-order valence-corrected chi connectivity index (χ4v) is 1.64. The Bertz CT molecular complexity index is 577. The average molecular weight is 274 g/mol. The number of hydrogen-bond donors (Lipinski definition) is 3. The summed E-state index contributed by atoms with van der Waals surface area (Å²) in [7, 11) is 0. The lowest BCUT2D eigenvalue weighted by molar-refractivity contribution is 0.0937. The van der Waals surface area contributed by atoms with Gasteiger partial charge in [0.2, 0.25) is 0 Å². The van der Waals surface area contributed by atoms with Gasteiger partial charge in [0, 0.05) is 25.0 Å². The number of benzene rings is 1. The highest BCUT2D eigenvalue weighted by molar-refractivity contribution is 5.92. The second-order valence-corrected chi connectivity index (χ2v) is 4.73. The molecule has 4 N–H and O–H groups in total. The van der Waals surface area contributed by atoms with E-state index in [1.54, 1.807) is 29.1 Å². The van der Waals surface area contributed by atoms with E-state index in [0.29, 0.717) is 17.9 Å². The third-order valence-corrected chi connectivity index (χ3v) is 2.90. The van der Waals surface area contributed by atoms with E-state index in [1.165, 1.54) is 0 Å². The number of nitrogens with zero attached hydrogens (tertiary/aromatic N) is 2. The van der Waals surface area contributed by atoms with Crippen molar-refractivity contribution in [3.05, 3.63) is 42.2 Å². The summed E-state index contributed by atoms with van der Waals surface area (Å²) < 4.78 is 1.61. The molecule has 6 nitrogen and oxygen atoms in total. The van der Waals surface area contributed by atoms with E-state index < -0.39 is 0 Å². The van der Waals surface area contributed by atoms with Crippen LogP contribution in [0.5, 0.6) is 0 Å². The Balaban J connectivity index is 2.05. The lowest BCUT2D eigenvalue weighted by Crippen LogP contribution is -2.29. The molecule has 2 aromatic rings. The van der Waals surface area contributed by atoms with E-state index >= 15 is 0 Å². The van der Waals surface area contributed by atoms with Crippen LogP contribution in [-0.2, 0) is 0 Å². The zero-order valence-corrected chi connectivity index (χ0v) is 11.3. The van der Waals surface area contributed by atoms with Crippen molar-refractivity contribution in [1.29, 1.82) is 0 Å². The summed E-state index contributed by atoms with van der Waals surface area (Å²) in [4.78, 5) is 11.9. The van der Waals surface area contributed by atoms with Crippen molar-refractivity contribution in [2.24, 2.45) is 5.92 Å². The molecule has 106 valence electrons. The Hall–Kier alpha value is -2.34. The smallest absolute Gasteiger partial charge is 0.271 e. The number of carbonyl (C=O) groups is 1. The standard InChI is InChI=1S/C14H18N4O2/c1-10(9-19)8-16-14(20)13-6-7-18(17-13)12-4-2-11(15)3-5-12/h2-7,10,19H,8-9,15H2,1H3,(H,16,20). The summed E-state index contributed by atoms with van der Waals surface area (Å²) in [5.41, 5.74) is 7.48. The van der Waals surface area contributed by atoms with Crippen molar-refractivity contribution in [3.8, 4) is 5.69 Å². The van der Waals surface area contributed by atoms with Crippen LogP contribution in [0.1, 0.15) is 17.4 Å². The zero-order chi connectivity index (χ0) is 14.5. The molecule has 1 aromatic carbocycles. The number of carbonyl (C=O) groups excluding carboxylic acids is 1. The number of aromatic nitrogens is 2. The van der Waals surface area contributed by atoms with Gasteiger partial charge < -0.3 is 16.2 Å². The van der Waals surface area contributed by atoms with E-state index in [2.05, 4.69) is 10.4 Å². The number of anilines is 1. The number of nitrogens with one attached hydrogen (secondary N) is 1. The minimum absolute atomic E-state index is 0.0261. The van der Waals surface area contributed by atoms with Gasteiger partial charge in [0.1, 0.15) is 0 Å². The van der Waals surface area contributed by atoms with Crippen LogP contribution < -0.4 is 11.1 Å². The molecule has 0 aliphatic rings. The molecule has 1 atom stereocenters. The molecule has 1 unspecified atom stereocenters. The topological polar surface area (TPSA) is 93.2 Å². The van der Waals surface area contributed by atoms with E-state index in [-0.39, 0.29) is 18.4 Å². The third kappa shape index (κ3) is 3.36. The first-order chi connectivity index (χ1) is 9.60. The first-order valence-electron chi connectivity index (χ1n) is 6.41. The van der Waals surface area contributed by atoms with Crippen molar-refractivity contribution in [2.45, 2.75) is 6.92 Å². The van der Waals surface area contributed by atoms with Gasteiger partial charge in [0.25, 0.3) is 5.91 Å². The molecule has 0 bridgehead atoms. The number of hydrogen-bond acceptors (Lipinski definition) is 4. The Kier molecular flexibility index (Phi) is 4.37. The van der Waals surface area contributed by atoms with Crippen LogP contribution in [0.15, 0.2) is 36.5 Å². The number of amides is 1. The highest BCUT2D eigenvalue weighted by Gasteiger charge is 2.11. The molecule has 20 heavy (non-hydrogen) atoms. The molecule has 1 amide bonds. The maximum absolute atomic E-state index is 11.9. The van der Waals surface area contributed by atoms with Crippen molar-refractivity contribution in [3.63, 3.8) is 0 Å². The van der Waals surface area contributed by atoms with E-state index in [0.717, 1.165) is 5.69 Å². The molecular weight excluding hydrogens is 256 g/mol. The summed E-state index contributed by atoms with van der Waals surface area (Å²) in [6.07, 6.45) is 1.72. The SMILES string of the molecule is CC(CO)CNC(=O)c1ccn(-c2ccc(N)cc2)n1. The highest BCUT2D eigenvalue weighted by Crippen LogP contribution is 2.10. The quantitative estimate of drug-likeness (QED) is 0.703. The zero-order valence-electron chi connectivity index (χ0n) is 11.3. The molecule has 6 heteroatoms. The number of nitrogens with two attached hydrogens (primary N) is 1. The monoisotopic (exact) mass is 274 g/mol. The molecular formula is C14H18N4O2. The summed E-state index contributed by atoms with van der Waals surface area (Å²) in [6.45, 7) is 2.32. The molecule has 0 aliphatic heterocycles. The van der Waals surface area contributed by atoms with Gasteiger partial charge in [-0.25, -0.2) is 4.68 Å². The molecule has 0 aliphatic carbocycles. The van der Waals surface area contributed by atoms with Gasteiger partial charge in [-0.2, -0.15) is 5.10 Å². The van der Waals surface area contributed by atoms with E-state index in [9.17, 15) is 4.79 Å². The van der Waals surface area contributed by atoms with Crippen molar-refractivity contribution >= 4 is 11.6 Å². The van der Waals surface area contributed by atoms with Gasteiger partial charge in [-0.1, -0.05) is 6.92 Å². The third-order valence-electron chi connectivity index (χ3n) is 2.90. The van der Waals surface area contributed by atoms with Crippen LogP contribution >= 0.6 is 0 Å². The Morgan fingerprint density at radius 1 is 1.40 bits per heavy atom. The highest BCUT2D eigenvalue weighted by atomic mass is 16.3. The number of aliphatic hydroxyl groups excluding tert-OH is 1. The Labute approximate surface area is 117 Å². The fraction of sp³-hybridized carbons (Fsp3) is 0.286. The van der Waals surface area contributed by atoms with Gasteiger partial charge in [-0.3, -0.25) is 4.79 Å². The van der Waals surface area contributed by atoms with Crippen LogP contribution in [0, 0.1) is 5.92 Å². The number of rotatable bonds is 5. The summed E-state index contributed by atoms with van der Waals surface area (Å²) >= 11 is 0. The molecule has 0 radical (unpaired) electrons. The molecule has 0 fully saturated rings. The second kappa shape index (κ2) is 6.21. The van der Waals surface area contributed by atoms with Crippen molar-refractivity contribution < 1.29 is 9.90 Å². The molecule has 0 saturated carbocycles. The Morgan fingerprint density at radius 3 is 2.75 bits per heavy atom. The average Bonchev–Trinajstić information content (AvgIpc) is 2.95. The minimum Gasteiger partial charge on any atom is -0.399 e. The maximum Gasteiger partial charge on any atom is 0.271 e. The minimum atomic E-state index is -0.250. The van der Waals surface area contributed by atoms with Crippen molar-refractivity contribution in [2.75, 3.05) is 18.9 Å². The van der Waals surface area contributed by atoms with Crippen LogP contribution in [-0.4, -0.2) is 33.9 Å². The van der Waals surface area contributed by atoms with Crippen LogP contribution in [0.4, 0.5) is 5.69 Å². The maximum atomic E-state index is 11.9. The lowest BCUT2D eigenvalue weighted by Gasteiger charge is -2.08. The molecule has 0 saturated heterocycles. The van der Waals surface area contributed by atoms with Crippen LogP contribution in [0.3, 0.4) is 0 Å². The number of nitrogen functional groups attached to an aromatic ring is 1.